The van der Waals surface area contributed by atoms with E-state index in [1.165, 1.54) is 0 Å². The highest BCUT2D eigenvalue weighted by Crippen LogP contribution is 2.41. The smallest absolute Gasteiger partial charge is 0.309 e. The van der Waals surface area contributed by atoms with Gasteiger partial charge in [-0.2, -0.15) is 0 Å². The fourth-order valence-corrected chi connectivity index (χ4v) is 2.58. The molecular weight excluding hydrogens is 284 g/mol. The van der Waals surface area contributed by atoms with Gasteiger partial charge >= 0.3 is 5.97 Å². The number of carbonyl (C=O) groups excluding carboxylic acids is 2. The molecule has 0 saturated heterocycles. The van der Waals surface area contributed by atoms with Crippen LogP contribution in [-0.4, -0.2) is 32.6 Å². The molecule has 1 saturated carbocycles. The highest BCUT2D eigenvalue weighted by molar-refractivity contribution is 5.91. The number of esters is 1. The molecule has 5 nitrogen and oxygen atoms in total. The molecule has 1 aromatic rings. The van der Waals surface area contributed by atoms with E-state index in [4.69, 9.17) is 14.2 Å². The molecule has 5 heteroatoms. The molecule has 0 spiro atoms. The van der Waals surface area contributed by atoms with Crippen molar-refractivity contribution in [3.05, 3.63) is 23.8 Å². The number of rotatable bonds is 8. The summed E-state index contributed by atoms with van der Waals surface area (Å²) in [4.78, 5) is 23.7. The number of benzene rings is 1. The average molecular weight is 306 g/mol. The van der Waals surface area contributed by atoms with Crippen molar-refractivity contribution in [2.45, 2.75) is 26.2 Å². The van der Waals surface area contributed by atoms with E-state index in [1.54, 1.807) is 21.1 Å². The lowest BCUT2D eigenvalue weighted by Crippen LogP contribution is -2.12. The molecule has 22 heavy (non-hydrogen) atoms. The molecule has 120 valence electrons. The first-order valence-corrected chi connectivity index (χ1v) is 7.51. The Morgan fingerprint density at radius 2 is 1.95 bits per heavy atom. The topological polar surface area (TPSA) is 61.8 Å². The summed E-state index contributed by atoms with van der Waals surface area (Å²) < 4.78 is 15.4. The standard InChI is InChI=1S/C17H22O5/c1-4-22-17(19)14-10-13(14)15(18)7-5-11-9-12(20-2)6-8-16(11)21-3/h6,8-9,13-14H,4-5,7,10H2,1-3H3/t13-,14-/m0/s1. The third-order valence-electron chi connectivity index (χ3n) is 3.92. The molecule has 1 fully saturated rings. The third kappa shape index (κ3) is 3.78. The summed E-state index contributed by atoms with van der Waals surface area (Å²) in [6, 6.07) is 5.53. The lowest BCUT2D eigenvalue weighted by molar-refractivity contribution is -0.145. The maximum Gasteiger partial charge on any atom is 0.309 e. The van der Waals surface area contributed by atoms with Gasteiger partial charge in [-0.25, -0.2) is 0 Å². The van der Waals surface area contributed by atoms with Crippen LogP contribution in [0.5, 0.6) is 11.5 Å². The zero-order valence-corrected chi connectivity index (χ0v) is 13.3. The van der Waals surface area contributed by atoms with Crippen LogP contribution in [0.3, 0.4) is 0 Å². The highest BCUT2D eigenvalue weighted by Gasteiger charge is 2.48. The number of hydrogen-bond acceptors (Lipinski definition) is 5. The Kier molecular flexibility index (Phi) is 5.41. The second-order valence-corrected chi connectivity index (χ2v) is 5.34. The number of hydrogen-bond donors (Lipinski definition) is 0. The van der Waals surface area contributed by atoms with Gasteiger partial charge in [-0.3, -0.25) is 9.59 Å². The molecule has 2 atom stereocenters. The largest absolute Gasteiger partial charge is 0.497 e. The number of Topliss-reactive ketones (excluding diaryl/α,β-unsaturated/α-hetero) is 1. The van der Waals surface area contributed by atoms with E-state index >= 15 is 0 Å². The summed E-state index contributed by atoms with van der Waals surface area (Å²) in [5.74, 6) is 0.934. The first-order chi connectivity index (χ1) is 10.6. The monoisotopic (exact) mass is 306 g/mol. The van der Waals surface area contributed by atoms with E-state index in [2.05, 4.69) is 0 Å². The van der Waals surface area contributed by atoms with E-state index in [1.807, 2.05) is 18.2 Å². The average Bonchev–Trinajstić information content (AvgIpc) is 3.33. The minimum Gasteiger partial charge on any atom is -0.497 e. The molecule has 1 aliphatic rings. The second-order valence-electron chi connectivity index (χ2n) is 5.34. The molecule has 0 unspecified atom stereocenters. The number of aryl methyl sites for hydroxylation is 1. The molecule has 0 amide bonds. The van der Waals surface area contributed by atoms with Crippen LogP contribution in [-0.2, 0) is 20.7 Å². The summed E-state index contributed by atoms with van der Waals surface area (Å²) in [6.07, 6.45) is 1.59. The predicted molar refractivity (Wildman–Crippen MR) is 81.1 cm³/mol. The lowest BCUT2D eigenvalue weighted by atomic mass is 10.0. The Balaban J connectivity index is 1.91. The molecule has 2 rings (SSSR count). The first kappa shape index (κ1) is 16.3. The number of ketones is 1. The quantitative estimate of drug-likeness (QED) is 0.690. The van der Waals surface area contributed by atoms with E-state index in [0.29, 0.717) is 25.9 Å². The van der Waals surface area contributed by atoms with Crippen molar-refractivity contribution in [1.29, 1.82) is 0 Å². The summed E-state index contributed by atoms with van der Waals surface area (Å²) in [5.41, 5.74) is 0.934. The molecule has 1 aromatic carbocycles. The molecule has 1 aliphatic carbocycles. The zero-order chi connectivity index (χ0) is 16.1. The van der Waals surface area contributed by atoms with Crippen molar-refractivity contribution in [3.63, 3.8) is 0 Å². The van der Waals surface area contributed by atoms with Gasteiger partial charge in [0.15, 0.2) is 0 Å². The summed E-state index contributed by atoms with van der Waals surface area (Å²) in [7, 11) is 3.20. The maximum atomic E-state index is 12.2. The number of ether oxygens (including phenoxy) is 3. The van der Waals surface area contributed by atoms with Crippen molar-refractivity contribution in [2.75, 3.05) is 20.8 Å². The van der Waals surface area contributed by atoms with E-state index in [9.17, 15) is 9.59 Å². The van der Waals surface area contributed by atoms with Crippen molar-refractivity contribution >= 4 is 11.8 Å². The fraction of sp³-hybridized carbons (Fsp3) is 0.529. The Morgan fingerprint density at radius 3 is 2.59 bits per heavy atom. The Morgan fingerprint density at radius 1 is 1.18 bits per heavy atom. The minimum absolute atomic E-state index is 0.114. The Bertz CT molecular complexity index is 552. The van der Waals surface area contributed by atoms with Gasteiger partial charge in [0, 0.05) is 12.3 Å². The SMILES string of the molecule is CCOC(=O)[C@H]1C[C@@H]1C(=O)CCc1cc(OC)ccc1OC. The number of methoxy groups -OCH3 is 2. The van der Waals surface area contributed by atoms with Crippen molar-refractivity contribution in [3.8, 4) is 11.5 Å². The van der Waals surface area contributed by atoms with Gasteiger partial charge in [-0.1, -0.05) is 0 Å². The molecule has 0 bridgehead atoms. The Hall–Kier alpha value is -2.04. The summed E-state index contributed by atoms with van der Waals surface area (Å²) in [6.45, 7) is 2.13. The van der Waals surface area contributed by atoms with Crippen LogP contribution in [0.25, 0.3) is 0 Å². The molecule has 0 N–H and O–H groups in total. The predicted octanol–water partition coefficient (Wildman–Crippen LogP) is 2.40. The highest BCUT2D eigenvalue weighted by atomic mass is 16.5. The van der Waals surface area contributed by atoms with Gasteiger partial charge in [0.05, 0.1) is 26.7 Å². The summed E-state index contributed by atoms with van der Waals surface area (Å²) >= 11 is 0. The van der Waals surface area contributed by atoms with Crippen molar-refractivity contribution in [2.24, 2.45) is 11.8 Å². The minimum atomic E-state index is -0.250. The molecule has 0 aromatic heterocycles. The van der Waals surface area contributed by atoms with Crippen LogP contribution >= 0.6 is 0 Å². The summed E-state index contributed by atoms with van der Waals surface area (Å²) in [5, 5.41) is 0. The van der Waals surface area contributed by atoms with Gasteiger partial charge in [0.25, 0.3) is 0 Å². The van der Waals surface area contributed by atoms with Crippen LogP contribution in [0.15, 0.2) is 18.2 Å². The lowest BCUT2D eigenvalue weighted by Gasteiger charge is -2.10. The van der Waals surface area contributed by atoms with Crippen molar-refractivity contribution in [1.82, 2.24) is 0 Å². The number of carbonyl (C=O) groups is 2. The zero-order valence-electron chi connectivity index (χ0n) is 13.3. The van der Waals surface area contributed by atoms with Crippen LogP contribution < -0.4 is 9.47 Å². The van der Waals surface area contributed by atoms with E-state index in [-0.39, 0.29) is 23.6 Å². The Labute approximate surface area is 130 Å². The second kappa shape index (κ2) is 7.29. The van der Waals surface area contributed by atoms with Crippen molar-refractivity contribution < 1.29 is 23.8 Å². The normalized spacial score (nSPS) is 19.4. The van der Waals surface area contributed by atoms with Gasteiger partial charge in [0.2, 0.25) is 0 Å². The molecule has 0 heterocycles. The van der Waals surface area contributed by atoms with E-state index in [0.717, 1.165) is 17.1 Å². The third-order valence-corrected chi connectivity index (χ3v) is 3.92. The van der Waals surface area contributed by atoms with Gasteiger partial charge in [-0.05, 0) is 43.5 Å². The maximum absolute atomic E-state index is 12.2. The van der Waals surface area contributed by atoms with Crippen LogP contribution in [0.4, 0.5) is 0 Å². The fourth-order valence-electron chi connectivity index (χ4n) is 2.58. The van der Waals surface area contributed by atoms with Crippen LogP contribution in [0, 0.1) is 11.8 Å². The van der Waals surface area contributed by atoms with E-state index < -0.39 is 0 Å². The first-order valence-electron chi connectivity index (χ1n) is 7.51. The molecule has 0 aliphatic heterocycles. The van der Waals surface area contributed by atoms with Gasteiger partial charge < -0.3 is 14.2 Å². The van der Waals surface area contributed by atoms with Crippen LogP contribution in [0.1, 0.15) is 25.3 Å². The van der Waals surface area contributed by atoms with Gasteiger partial charge in [0.1, 0.15) is 17.3 Å². The molecular formula is C17H22O5. The molecule has 0 radical (unpaired) electrons. The van der Waals surface area contributed by atoms with Crippen LogP contribution in [0.2, 0.25) is 0 Å². The van der Waals surface area contributed by atoms with Gasteiger partial charge in [-0.15, -0.1) is 0 Å².